The van der Waals surface area contributed by atoms with Gasteiger partial charge < -0.3 is 4.57 Å². The number of halogens is 1. The Kier molecular flexibility index (Phi) is 2.49. The van der Waals surface area contributed by atoms with Crippen LogP contribution < -0.4 is 0 Å². The van der Waals surface area contributed by atoms with Gasteiger partial charge in [-0.2, -0.15) is 0 Å². The normalized spacial score (nSPS) is 16.1. The molecular weight excluding hydrogens is 258 g/mol. The summed E-state index contributed by atoms with van der Waals surface area (Å²) in [6.45, 7) is 0. The van der Waals surface area contributed by atoms with Gasteiger partial charge in [0.1, 0.15) is 11.3 Å². The van der Waals surface area contributed by atoms with Crippen molar-refractivity contribution in [2.24, 2.45) is 0 Å². The summed E-state index contributed by atoms with van der Waals surface area (Å²) in [4.78, 5) is 9.14. The predicted molar refractivity (Wildman–Crippen MR) is 77.5 cm³/mol. The van der Waals surface area contributed by atoms with Crippen molar-refractivity contribution in [2.75, 3.05) is 0 Å². The van der Waals surface area contributed by atoms with Crippen LogP contribution in [0.15, 0.2) is 30.5 Å². The maximum absolute atomic E-state index is 6.08. The average molecular weight is 272 g/mol. The molecule has 0 aliphatic heterocycles. The van der Waals surface area contributed by atoms with Gasteiger partial charge in [0.05, 0.1) is 23.1 Å². The van der Waals surface area contributed by atoms with Crippen LogP contribution >= 0.6 is 11.6 Å². The highest BCUT2D eigenvalue weighted by atomic mass is 35.5. The zero-order chi connectivity index (χ0) is 12.8. The van der Waals surface area contributed by atoms with Crippen molar-refractivity contribution in [1.82, 2.24) is 14.5 Å². The molecule has 1 saturated carbocycles. The van der Waals surface area contributed by atoms with E-state index in [4.69, 9.17) is 11.6 Å². The number of alkyl halides is 1. The predicted octanol–water partition coefficient (Wildman–Crippen LogP) is 4.05. The molecule has 1 aliphatic rings. The molecule has 0 N–H and O–H groups in total. The van der Waals surface area contributed by atoms with Crippen molar-refractivity contribution in [1.29, 1.82) is 0 Å². The van der Waals surface area contributed by atoms with Crippen LogP contribution in [0.2, 0.25) is 0 Å². The van der Waals surface area contributed by atoms with Crippen molar-refractivity contribution in [3.63, 3.8) is 0 Å². The lowest BCUT2D eigenvalue weighted by molar-refractivity contribution is 0.315. The fourth-order valence-corrected chi connectivity index (χ4v) is 3.09. The van der Waals surface area contributed by atoms with E-state index in [0.717, 1.165) is 16.9 Å². The number of hydrogen-bond acceptors (Lipinski definition) is 2. The summed E-state index contributed by atoms with van der Waals surface area (Å²) in [6.07, 6.45) is 5.62. The van der Waals surface area contributed by atoms with Gasteiger partial charge in [0.2, 0.25) is 0 Å². The monoisotopic (exact) mass is 271 g/mol. The van der Waals surface area contributed by atoms with Crippen molar-refractivity contribution >= 4 is 33.5 Å². The Morgan fingerprint density at radius 3 is 2.79 bits per heavy atom. The quantitative estimate of drug-likeness (QED) is 0.659. The fourth-order valence-electron chi connectivity index (χ4n) is 2.91. The summed E-state index contributed by atoms with van der Waals surface area (Å²) in [6, 6.07) is 8.81. The molecule has 0 atom stereocenters. The van der Waals surface area contributed by atoms with Crippen LogP contribution in [0.3, 0.4) is 0 Å². The number of hydrogen-bond donors (Lipinski definition) is 0. The van der Waals surface area contributed by atoms with E-state index >= 15 is 0 Å². The molecular formula is C15H14ClN3. The first-order valence-corrected chi connectivity index (χ1v) is 7.22. The lowest BCUT2D eigenvalue weighted by atomic mass is 9.92. The number of imidazole rings is 1. The van der Waals surface area contributed by atoms with Crippen LogP contribution in [0.5, 0.6) is 0 Å². The zero-order valence-corrected chi connectivity index (χ0v) is 11.3. The van der Waals surface area contributed by atoms with Crippen molar-refractivity contribution in [3.8, 4) is 0 Å². The first-order chi connectivity index (χ1) is 9.38. The number of fused-ring (bicyclic) bond motifs is 3. The lowest BCUT2D eigenvalue weighted by Gasteiger charge is -2.29. The molecule has 1 fully saturated rings. The van der Waals surface area contributed by atoms with Gasteiger partial charge in [0.15, 0.2) is 0 Å². The molecule has 0 spiro atoms. The number of pyridine rings is 1. The minimum Gasteiger partial charge on any atom is -0.323 e. The molecule has 0 unspecified atom stereocenters. The topological polar surface area (TPSA) is 30.7 Å². The van der Waals surface area contributed by atoms with Gasteiger partial charge in [-0.05, 0) is 25.3 Å². The highest BCUT2D eigenvalue weighted by molar-refractivity contribution is 6.17. The molecule has 3 nitrogen and oxygen atoms in total. The fraction of sp³-hybridized carbons (Fsp3) is 0.333. The van der Waals surface area contributed by atoms with Gasteiger partial charge in [-0.15, -0.1) is 11.6 Å². The Morgan fingerprint density at radius 1 is 1.21 bits per heavy atom. The van der Waals surface area contributed by atoms with E-state index in [1.165, 1.54) is 30.2 Å². The lowest BCUT2D eigenvalue weighted by Crippen LogP contribution is -2.18. The summed E-state index contributed by atoms with van der Waals surface area (Å²) in [5.74, 6) is 1.43. The Bertz CT molecular complexity index is 759. The minimum atomic E-state index is 0.458. The van der Waals surface area contributed by atoms with Crippen LogP contribution in [0.4, 0.5) is 0 Å². The summed E-state index contributed by atoms with van der Waals surface area (Å²) in [7, 11) is 0. The van der Waals surface area contributed by atoms with Crippen LogP contribution in [-0.2, 0) is 5.88 Å². The van der Waals surface area contributed by atoms with Crippen molar-refractivity contribution in [2.45, 2.75) is 31.2 Å². The molecule has 1 aliphatic carbocycles. The molecule has 1 aromatic carbocycles. The molecule has 4 heteroatoms. The SMILES string of the molecule is ClCc1nc2cnc3ccccc3c2n1C1CCC1. The first kappa shape index (κ1) is 11.2. The maximum Gasteiger partial charge on any atom is 0.125 e. The molecule has 0 bridgehead atoms. The highest BCUT2D eigenvalue weighted by Gasteiger charge is 2.25. The molecule has 2 heterocycles. The van der Waals surface area contributed by atoms with Crippen LogP contribution in [0.25, 0.3) is 21.9 Å². The van der Waals surface area contributed by atoms with Crippen LogP contribution in [-0.4, -0.2) is 14.5 Å². The second-order valence-electron chi connectivity index (χ2n) is 5.13. The van der Waals surface area contributed by atoms with E-state index in [1.807, 2.05) is 18.3 Å². The van der Waals surface area contributed by atoms with Crippen molar-refractivity contribution < 1.29 is 0 Å². The van der Waals surface area contributed by atoms with Gasteiger partial charge in [-0.25, -0.2) is 4.98 Å². The second kappa shape index (κ2) is 4.20. The Morgan fingerprint density at radius 2 is 2.05 bits per heavy atom. The van der Waals surface area contributed by atoms with E-state index in [0.29, 0.717) is 11.9 Å². The van der Waals surface area contributed by atoms with Gasteiger partial charge in [-0.3, -0.25) is 4.98 Å². The average Bonchev–Trinajstić information content (AvgIpc) is 2.76. The molecule has 2 aromatic heterocycles. The number of rotatable bonds is 2. The van der Waals surface area contributed by atoms with Gasteiger partial charge >= 0.3 is 0 Å². The molecule has 0 radical (unpaired) electrons. The number of benzene rings is 1. The van der Waals surface area contributed by atoms with Gasteiger partial charge in [0, 0.05) is 11.4 Å². The Hall–Kier alpha value is -1.61. The summed E-state index contributed by atoms with van der Waals surface area (Å²) >= 11 is 6.08. The van der Waals surface area contributed by atoms with Crippen molar-refractivity contribution in [3.05, 3.63) is 36.3 Å². The molecule has 3 aromatic rings. The van der Waals surface area contributed by atoms with Gasteiger partial charge in [0.25, 0.3) is 0 Å². The third-order valence-electron chi connectivity index (χ3n) is 4.06. The van der Waals surface area contributed by atoms with Crippen LogP contribution in [0, 0.1) is 0 Å². The minimum absolute atomic E-state index is 0.458. The van der Waals surface area contributed by atoms with E-state index in [-0.39, 0.29) is 0 Å². The number of aromatic nitrogens is 3. The summed E-state index contributed by atoms with van der Waals surface area (Å²) in [5, 5.41) is 1.18. The molecule has 4 rings (SSSR count). The largest absolute Gasteiger partial charge is 0.323 e. The number of nitrogens with zero attached hydrogens (tertiary/aromatic N) is 3. The highest BCUT2D eigenvalue weighted by Crippen LogP contribution is 2.37. The smallest absolute Gasteiger partial charge is 0.125 e. The van der Waals surface area contributed by atoms with E-state index in [2.05, 4.69) is 26.7 Å². The molecule has 19 heavy (non-hydrogen) atoms. The summed E-state index contributed by atoms with van der Waals surface area (Å²) < 4.78 is 2.34. The second-order valence-corrected chi connectivity index (χ2v) is 5.39. The zero-order valence-electron chi connectivity index (χ0n) is 10.5. The third-order valence-corrected chi connectivity index (χ3v) is 4.29. The molecule has 0 saturated heterocycles. The third kappa shape index (κ3) is 1.58. The van der Waals surface area contributed by atoms with E-state index in [9.17, 15) is 0 Å². The van der Waals surface area contributed by atoms with Crippen LogP contribution in [0.1, 0.15) is 31.1 Å². The molecule has 96 valence electrons. The van der Waals surface area contributed by atoms with E-state index < -0.39 is 0 Å². The Labute approximate surface area is 116 Å². The number of para-hydroxylation sites is 1. The molecule has 0 amide bonds. The Balaban J connectivity index is 2.12. The van der Waals surface area contributed by atoms with E-state index in [1.54, 1.807) is 0 Å². The standard InChI is InChI=1S/C15H14ClN3/c16-8-14-18-13-9-17-12-7-2-1-6-11(12)15(13)19(14)10-4-3-5-10/h1-2,6-7,9-10H,3-5,8H2. The maximum atomic E-state index is 6.08. The van der Waals surface area contributed by atoms with Gasteiger partial charge in [-0.1, -0.05) is 18.2 Å². The first-order valence-electron chi connectivity index (χ1n) is 6.69. The summed E-state index contributed by atoms with van der Waals surface area (Å²) in [5.41, 5.74) is 3.18.